The lowest BCUT2D eigenvalue weighted by Gasteiger charge is -2.21. The van der Waals surface area contributed by atoms with Crippen LogP contribution in [-0.2, 0) is 9.59 Å². The van der Waals surface area contributed by atoms with E-state index in [2.05, 4.69) is 5.32 Å². The summed E-state index contributed by atoms with van der Waals surface area (Å²) in [6.07, 6.45) is 2.40. The maximum atomic E-state index is 11.5. The second-order valence-electron chi connectivity index (χ2n) is 3.95. The van der Waals surface area contributed by atoms with Gasteiger partial charge in [-0.25, -0.2) is 0 Å². The molecule has 0 fully saturated rings. The lowest BCUT2D eigenvalue weighted by atomic mass is 9.99. The van der Waals surface area contributed by atoms with Gasteiger partial charge in [-0.1, -0.05) is 6.92 Å². The van der Waals surface area contributed by atoms with Crippen molar-refractivity contribution in [3.8, 4) is 0 Å². The first-order valence-corrected chi connectivity index (χ1v) is 5.25. The first-order chi connectivity index (χ1) is 6.90. The summed E-state index contributed by atoms with van der Waals surface area (Å²) in [7, 11) is 0. The minimum atomic E-state index is -0.802. The van der Waals surface area contributed by atoms with Crippen LogP contribution in [0.3, 0.4) is 0 Å². The van der Waals surface area contributed by atoms with E-state index in [1.54, 1.807) is 6.92 Å². The summed E-state index contributed by atoms with van der Waals surface area (Å²) in [4.78, 5) is 21.9. The summed E-state index contributed by atoms with van der Waals surface area (Å²) in [6.45, 7) is 4.11. The van der Waals surface area contributed by atoms with Crippen molar-refractivity contribution in [2.45, 2.75) is 45.1 Å². The molecule has 15 heavy (non-hydrogen) atoms. The Balaban J connectivity index is 3.60. The van der Waals surface area contributed by atoms with Crippen LogP contribution in [0.25, 0.3) is 0 Å². The van der Waals surface area contributed by atoms with E-state index < -0.39 is 5.54 Å². The van der Waals surface area contributed by atoms with Crippen LogP contribution >= 0.6 is 0 Å². The zero-order valence-electron chi connectivity index (χ0n) is 9.51. The fourth-order valence-corrected chi connectivity index (χ4v) is 0.989. The summed E-state index contributed by atoms with van der Waals surface area (Å²) in [5, 5.41) is 2.73. The normalized spacial score (nSPS) is 14.3. The van der Waals surface area contributed by atoms with Gasteiger partial charge in [0.15, 0.2) is 0 Å². The van der Waals surface area contributed by atoms with Crippen molar-refractivity contribution in [2.75, 3.05) is 6.54 Å². The Kier molecular flexibility index (Phi) is 5.93. The summed E-state index contributed by atoms with van der Waals surface area (Å²) in [5.41, 5.74) is 9.91. The van der Waals surface area contributed by atoms with Gasteiger partial charge in [-0.05, 0) is 26.2 Å². The number of primary amides is 1. The highest BCUT2D eigenvalue weighted by Gasteiger charge is 2.24. The summed E-state index contributed by atoms with van der Waals surface area (Å²) in [6, 6.07) is 0. The zero-order chi connectivity index (χ0) is 11.9. The predicted molar refractivity (Wildman–Crippen MR) is 58.9 cm³/mol. The molecule has 1 atom stereocenters. The molecule has 0 aliphatic carbocycles. The van der Waals surface area contributed by atoms with E-state index in [1.165, 1.54) is 0 Å². The Morgan fingerprint density at radius 1 is 1.33 bits per heavy atom. The SMILES string of the molecule is CCC(C)(N)C(=O)NCCCCC(N)=O. The van der Waals surface area contributed by atoms with Crippen molar-refractivity contribution in [1.29, 1.82) is 0 Å². The van der Waals surface area contributed by atoms with Gasteiger partial charge in [0.25, 0.3) is 0 Å². The average molecular weight is 215 g/mol. The lowest BCUT2D eigenvalue weighted by Crippen LogP contribution is -2.51. The van der Waals surface area contributed by atoms with Crippen LogP contribution in [0, 0.1) is 0 Å². The monoisotopic (exact) mass is 215 g/mol. The molecule has 0 spiro atoms. The number of carbonyl (C=O) groups is 2. The number of hydrogen-bond acceptors (Lipinski definition) is 3. The van der Waals surface area contributed by atoms with Crippen molar-refractivity contribution in [3.63, 3.8) is 0 Å². The Bertz CT molecular complexity index is 227. The van der Waals surface area contributed by atoms with Crippen LogP contribution in [0.4, 0.5) is 0 Å². The second-order valence-corrected chi connectivity index (χ2v) is 3.95. The maximum absolute atomic E-state index is 11.5. The van der Waals surface area contributed by atoms with Gasteiger partial charge >= 0.3 is 0 Å². The topological polar surface area (TPSA) is 98.2 Å². The molecule has 5 nitrogen and oxygen atoms in total. The van der Waals surface area contributed by atoms with Gasteiger partial charge < -0.3 is 16.8 Å². The number of nitrogens with one attached hydrogen (secondary N) is 1. The number of carbonyl (C=O) groups excluding carboxylic acids is 2. The predicted octanol–water partition coefficient (Wildman–Crippen LogP) is -0.114. The molecule has 0 saturated carbocycles. The van der Waals surface area contributed by atoms with Gasteiger partial charge in [-0.3, -0.25) is 9.59 Å². The van der Waals surface area contributed by atoms with Crippen molar-refractivity contribution in [2.24, 2.45) is 11.5 Å². The molecule has 0 heterocycles. The first kappa shape index (κ1) is 13.9. The molecule has 0 saturated heterocycles. The smallest absolute Gasteiger partial charge is 0.239 e. The second kappa shape index (κ2) is 6.40. The molecule has 88 valence electrons. The van der Waals surface area contributed by atoms with Crippen LogP contribution < -0.4 is 16.8 Å². The molecule has 0 aliphatic rings. The molecule has 0 radical (unpaired) electrons. The van der Waals surface area contributed by atoms with Crippen LogP contribution in [0.2, 0.25) is 0 Å². The van der Waals surface area contributed by atoms with Gasteiger partial charge in [0, 0.05) is 13.0 Å². The number of nitrogens with two attached hydrogens (primary N) is 2. The summed E-state index contributed by atoms with van der Waals surface area (Å²) in [5.74, 6) is -0.456. The van der Waals surface area contributed by atoms with E-state index in [1.807, 2.05) is 6.92 Å². The highest BCUT2D eigenvalue weighted by Crippen LogP contribution is 2.04. The third-order valence-corrected chi connectivity index (χ3v) is 2.39. The van der Waals surface area contributed by atoms with Crippen LogP contribution in [0.1, 0.15) is 39.5 Å². The van der Waals surface area contributed by atoms with Crippen molar-refractivity contribution >= 4 is 11.8 Å². The molecule has 0 aliphatic heterocycles. The van der Waals surface area contributed by atoms with Crippen molar-refractivity contribution in [3.05, 3.63) is 0 Å². The minimum Gasteiger partial charge on any atom is -0.370 e. The molecular formula is C10H21N3O2. The molecule has 0 rings (SSSR count). The fraction of sp³-hybridized carbons (Fsp3) is 0.800. The average Bonchev–Trinajstić information content (AvgIpc) is 2.16. The van der Waals surface area contributed by atoms with E-state index in [-0.39, 0.29) is 11.8 Å². The molecule has 0 bridgehead atoms. The molecule has 0 aromatic carbocycles. The van der Waals surface area contributed by atoms with Crippen molar-refractivity contribution < 1.29 is 9.59 Å². The van der Waals surface area contributed by atoms with Gasteiger partial charge in [0.05, 0.1) is 5.54 Å². The molecule has 1 unspecified atom stereocenters. The van der Waals surface area contributed by atoms with E-state index in [4.69, 9.17) is 11.5 Å². The minimum absolute atomic E-state index is 0.149. The lowest BCUT2D eigenvalue weighted by molar-refractivity contribution is -0.125. The highest BCUT2D eigenvalue weighted by atomic mass is 16.2. The van der Waals surface area contributed by atoms with Gasteiger partial charge in [0.2, 0.25) is 11.8 Å². The summed E-state index contributed by atoms with van der Waals surface area (Å²) < 4.78 is 0. The van der Waals surface area contributed by atoms with Gasteiger partial charge in [-0.15, -0.1) is 0 Å². The van der Waals surface area contributed by atoms with E-state index in [0.29, 0.717) is 25.8 Å². The number of amides is 2. The summed E-state index contributed by atoms with van der Waals surface area (Å²) >= 11 is 0. The molecular weight excluding hydrogens is 194 g/mol. The third kappa shape index (κ3) is 6.06. The van der Waals surface area contributed by atoms with E-state index in [9.17, 15) is 9.59 Å². The Morgan fingerprint density at radius 3 is 2.40 bits per heavy atom. The molecule has 5 N–H and O–H groups in total. The third-order valence-electron chi connectivity index (χ3n) is 2.39. The van der Waals surface area contributed by atoms with Gasteiger partial charge in [-0.2, -0.15) is 0 Å². The maximum Gasteiger partial charge on any atom is 0.239 e. The highest BCUT2D eigenvalue weighted by molar-refractivity contribution is 5.85. The Hall–Kier alpha value is -1.10. The first-order valence-electron chi connectivity index (χ1n) is 5.25. The van der Waals surface area contributed by atoms with Crippen LogP contribution in [-0.4, -0.2) is 23.9 Å². The molecule has 0 aromatic rings. The Labute approximate surface area is 90.6 Å². The Morgan fingerprint density at radius 2 is 1.93 bits per heavy atom. The molecule has 5 heteroatoms. The fourth-order valence-electron chi connectivity index (χ4n) is 0.989. The van der Waals surface area contributed by atoms with Crippen LogP contribution in [0.5, 0.6) is 0 Å². The number of hydrogen-bond donors (Lipinski definition) is 3. The van der Waals surface area contributed by atoms with Crippen LogP contribution in [0.15, 0.2) is 0 Å². The standard InChI is InChI=1S/C10H21N3O2/c1-3-10(2,12)9(15)13-7-5-4-6-8(11)14/h3-7,12H2,1-2H3,(H2,11,14)(H,13,15). The molecule has 0 aromatic heterocycles. The van der Waals surface area contributed by atoms with E-state index in [0.717, 1.165) is 6.42 Å². The number of unbranched alkanes of at least 4 members (excludes halogenated alkanes) is 1. The number of rotatable bonds is 7. The van der Waals surface area contributed by atoms with Gasteiger partial charge in [0.1, 0.15) is 0 Å². The van der Waals surface area contributed by atoms with E-state index >= 15 is 0 Å². The van der Waals surface area contributed by atoms with Crippen molar-refractivity contribution in [1.82, 2.24) is 5.32 Å². The quantitative estimate of drug-likeness (QED) is 0.516. The molecule has 2 amide bonds. The largest absolute Gasteiger partial charge is 0.370 e. The zero-order valence-corrected chi connectivity index (χ0v) is 9.51.